The van der Waals surface area contributed by atoms with E-state index in [1.165, 1.54) is 58.1 Å². The number of para-hydroxylation sites is 2. The summed E-state index contributed by atoms with van der Waals surface area (Å²) in [4.78, 5) is 10.8. The Morgan fingerprint density at radius 3 is 2.02 bits per heavy atom. The Morgan fingerprint density at radius 1 is 0.491 bits per heavy atom. The average molecular weight is 694 g/mol. The summed E-state index contributed by atoms with van der Waals surface area (Å²) in [5.41, 5.74) is 8.56. The molecule has 0 atom stereocenters. The van der Waals surface area contributed by atoms with Gasteiger partial charge < -0.3 is 4.42 Å². The van der Waals surface area contributed by atoms with Crippen LogP contribution in [0.15, 0.2) is 168 Å². The Hall–Kier alpha value is -6.82. The molecule has 53 heavy (non-hydrogen) atoms. The van der Waals surface area contributed by atoms with Crippen LogP contribution in [0.4, 0.5) is 0 Å². The van der Waals surface area contributed by atoms with Crippen molar-refractivity contribution in [2.24, 2.45) is 0 Å². The highest BCUT2D eigenvalue weighted by molar-refractivity contribution is 7.27. The Labute approximate surface area is 306 Å². The maximum absolute atomic E-state index is 6.59. The number of furan rings is 1. The largest absolute Gasteiger partial charge is 0.452 e. The fraction of sp³-hybridized carbons (Fsp3) is 0. The molecule has 5 heteroatoms. The van der Waals surface area contributed by atoms with Crippen molar-refractivity contribution in [2.75, 3.05) is 0 Å². The molecule has 0 radical (unpaired) electrons. The number of fused-ring (bicyclic) bond motifs is 14. The van der Waals surface area contributed by atoms with Crippen molar-refractivity contribution < 1.29 is 4.42 Å². The number of hydrogen-bond donors (Lipinski definition) is 0. The molecule has 8 aromatic carbocycles. The zero-order chi connectivity index (χ0) is 34.6. The first-order valence-corrected chi connectivity index (χ1v) is 18.7. The van der Waals surface area contributed by atoms with Crippen molar-refractivity contribution >= 4 is 96.9 Å². The lowest BCUT2D eigenvalue weighted by Crippen LogP contribution is -2.03. The highest BCUT2D eigenvalue weighted by atomic mass is 32.1. The van der Waals surface area contributed by atoms with Crippen molar-refractivity contribution in [1.29, 1.82) is 0 Å². The quantitative estimate of drug-likeness (QED) is 0.185. The highest BCUT2D eigenvalue weighted by Crippen LogP contribution is 2.48. The van der Waals surface area contributed by atoms with Crippen molar-refractivity contribution in [2.45, 2.75) is 0 Å². The molecule has 246 valence electrons. The van der Waals surface area contributed by atoms with Crippen molar-refractivity contribution in [1.82, 2.24) is 14.5 Å². The topological polar surface area (TPSA) is 43.9 Å². The van der Waals surface area contributed by atoms with Crippen LogP contribution in [0.2, 0.25) is 0 Å². The van der Waals surface area contributed by atoms with Gasteiger partial charge in [0.25, 0.3) is 0 Å². The van der Waals surface area contributed by atoms with Gasteiger partial charge in [-0.1, -0.05) is 140 Å². The smallest absolute Gasteiger partial charge is 0.236 e. The van der Waals surface area contributed by atoms with Crippen molar-refractivity contribution in [3.63, 3.8) is 0 Å². The Balaban J connectivity index is 1.19. The molecule has 0 saturated heterocycles. The molecule has 0 amide bonds. The molecule has 0 spiro atoms. The van der Waals surface area contributed by atoms with E-state index in [1.54, 1.807) is 0 Å². The lowest BCUT2D eigenvalue weighted by Gasteiger charge is -2.12. The van der Waals surface area contributed by atoms with Crippen LogP contribution in [0.3, 0.4) is 0 Å². The lowest BCUT2D eigenvalue weighted by atomic mass is 9.97. The van der Waals surface area contributed by atoms with Gasteiger partial charge in [-0.25, -0.2) is 9.97 Å². The summed E-state index contributed by atoms with van der Waals surface area (Å²) in [5.74, 6) is 0.618. The Kier molecular flexibility index (Phi) is 5.90. The predicted molar refractivity (Wildman–Crippen MR) is 222 cm³/mol. The van der Waals surface area contributed by atoms with Gasteiger partial charge in [0.2, 0.25) is 5.95 Å². The first-order valence-electron chi connectivity index (χ1n) is 17.8. The third-order valence-electron chi connectivity index (χ3n) is 10.8. The molecule has 4 heterocycles. The van der Waals surface area contributed by atoms with Gasteiger partial charge in [0.15, 0.2) is 5.58 Å². The molecule has 0 N–H and O–H groups in total. The van der Waals surface area contributed by atoms with Gasteiger partial charge >= 0.3 is 0 Å². The minimum atomic E-state index is 0.618. The van der Waals surface area contributed by atoms with Gasteiger partial charge in [0, 0.05) is 52.7 Å². The fourth-order valence-corrected chi connectivity index (χ4v) is 9.73. The van der Waals surface area contributed by atoms with E-state index in [2.05, 4.69) is 150 Å². The van der Waals surface area contributed by atoms with Crippen molar-refractivity contribution in [3.05, 3.63) is 164 Å². The number of rotatable bonds is 3. The molecule has 4 aromatic heterocycles. The molecule has 0 aliphatic heterocycles. The van der Waals surface area contributed by atoms with E-state index in [0.29, 0.717) is 11.5 Å². The standard InChI is InChI=1S/C48H27N3OS/c1-2-14-31-28(12-1)13-11-20-32(31)29-24-26-30(27-25-29)43-46-44(36-18-6-9-22-39(36)52-46)50-48(49-43)51-38-21-8-5-17-35(38)41-42-37-19-7-10-23-40(37)53-47(42)34-16-4-3-15-33(34)45(41)51/h1-27H. The fourth-order valence-electron chi connectivity index (χ4n) is 8.49. The predicted octanol–water partition coefficient (Wildman–Crippen LogP) is 13.5. The SMILES string of the molecule is c1ccc2c(-c3ccc(-c4nc(-n5c6ccccc6c6c7c8ccccc8sc7c7ccccc7c65)nc5c4oc4ccccc45)cc3)cccc2c1. The van der Waals surface area contributed by atoms with Crippen LogP contribution in [0.5, 0.6) is 0 Å². The number of aromatic nitrogens is 3. The normalized spacial score (nSPS) is 12.2. The number of hydrogen-bond acceptors (Lipinski definition) is 4. The van der Waals surface area contributed by atoms with E-state index in [9.17, 15) is 0 Å². The van der Waals surface area contributed by atoms with Crippen LogP contribution in [0.25, 0.3) is 114 Å². The second-order valence-corrected chi connectivity index (χ2v) is 14.7. The second kappa shape index (κ2) is 10.8. The summed E-state index contributed by atoms with van der Waals surface area (Å²) in [6.45, 7) is 0. The Morgan fingerprint density at radius 2 is 1.15 bits per heavy atom. The van der Waals surface area contributed by atoms with E-state index < -0.39 is 0 Å². The number of benzene rings is 8. The van der Waals surface area contributed by atoms with Gasteiger partial charge in [-0.3, -0.25) is 4.57 Å². The van der Waals surface area contributed by atoms with Gasteiger partial charge in [0.1, 0.15) is 16.8 Å². The average Bonchev–Trinajstić information content (AvgIpc) is 3.91. The van der Waals surface area contributed by atoms with Crippen LogP contribution in [0, 0.1) is 0 Å². The first kappa shape index (κ1) is 28.8. The molecule has 0 saturated carbocycles. The van der Waals surface area contributed by atoms with Crippen molar-refractivity contribution in [3.8, 4) is 28.3 Å². The zero-order valence-corrected chi connectivity index (χ0v) is 29.1. The molecule has 0 aliphatic rings. The Bertz CT molecular complexity index is 3450. The number of thiophene rings is 1. The highest BCUT2D eigenvalue weighted by Gasteiger charge is 2.25. The molecule has 12 aromatic rings. The van der Waals surface area contributed by atoms with Crippen LogP contribution < -0.4 is 0 Å². The van der Waals surface area contributed by atoms with E-state index in [0.717, 1.165) is 44.3 Å². The van der Waals surface area contributed by atoms with Gasteiger partial charge in [0.05, 0.1) is 11.0 Å². The molecule has 4 nitrogen and oxygen atoms in total. The summed E-state index contributed by atoms with van der Waals surface area (Å²) in [5, 5.41) is 10.8. The first-order chi connectivity index (χ1) is 26.3. The van der Waals surface area contributed by atoms with Gasteiger partial charge in [-0.15, -0.1) is 11.3 Å². The van der Waals surface area contributed by atoms with Crippen LogP contribution >= 0.6 is 11.3 Å². The zero-order valence-electron chi connectivity index (χ0n) is 28.2. The van der Waals surface area contributed by atoms with Crippen LogP contribution in [-0.4, -0.2) is 14.5 Å². The third kappa shape index (κ3) is 4.05. The van der Waals surface area contributed by atoms with E-state index in [-0.39, 0.29) is 0 Å². The molecule has 12 rings (SSSR count). The number of nitrogens with zero attached hydrogens (tertiary/aromatic N) is 3. The monoisotopic (exact) mass is 693 g/mol. The summed E-state index contributed by atoms with van der Waals surface area (Å²) >= 11 is 1.87. The van der Waals surface area contributed by atoms with Crippen LogP contribution in [0.1, 0.15) is 0 Å². The van der Waals surface area contributed by atoms with Crippen LogP contribution in [-0.2, 0) is 0 Å². The lowest BCUT2D eigenvalue weighted by molar-refractivity contribution is 0.666. The summed E-state index contributed by atoms with van der Waals surface area (Å²) in [6, 6.07) is 58.1. The molecule has 0 bridgehead atoms. The molecular formula is C48H27N3OS. The third-order valence-corrected chi connectivity index (χ3v) is 12.0. The second-order valence-electron chi connectivity index (χ2n) is 13.7. The molecular weight excluding hydrogens is 667 g/mol. The minimum absolute atomic E-state index is 0.618. The van der Waals surface area contributed by atoms with E-state index >= 15 is 0 Å². The maximum Gasteiger partial charge on any atom is 0.236 e. The maximum atomic E-state index is 6.59. The summed E-state index contributed by atoms with van der Waals surface area (Å²) < 4.78 is 11.5. The molecule has 0 unspecified atom stereocenters. The van der Waals surface area contributed by atoms with Gasteiger partial charge in [-0.05, 0) is 46.2 Å². The van der Waals surface area contributed by atoms with E-state index in [4.69, 9.17) is 14.4 Å². The molecule has 0 aliphatic carbocycles. The minimum Gasteiger partial charge on any atom is -0.452 e. The summed E-state index contributed by atoms with van der Waals surface area (Å²) in [7, 11) is 0. The summed E-state index contributed by atoms with van der Waals surface area (Å²) in [6.07, 6.45) is 0. The molecule has 0 fully saturated rings. The van der Waals surface area contributed by atoms with Gasteiger partial charge in [-0.2, -0.15) is 0 Å². The van der Waals surface area contributed by atoms with E-state index in [1.807, 2.05) is 29.5 Å².